The van der Waals surface area contributed by atoms with Crippen molar-refractivity contribution in [3.05, 3.63) is 56.3 Å². The molecule has 0 amide bonds. The molecule has 3 rings (SSSR count). The minimum atomic E-state index is -0.714. The summed E-state index contributed by atoms with van der Waals surface area (Å²) in [5.74, 6) is 0.924. The van der Waals surface area contributed by atoms with Crippen molar-refractivity contribution in [1.82, 2.24) is 9.80 Å². The molecule has 2 fully saturated rings. The highest BCUT2D eigenvalue weighted by Crippen LogP contribution is 2.24. The molecule has 1 aromatic carbocycles. The number of benzene rings is 1. The van der Waals surface area contributed by atoms with Gasteiger partial charge in [-0.3, -0.25) is 10.1 Å². The summed E-state index contributed by atoms with van der Waals surface area (Å²) in [6.07, 6.45) is 3.19. The van der Waals surface area contributed by atoms with Crippen LogP contribution in [0, 0.1) is 32.1 Å². The summed E-state index contributed by atoms with van der Waals surface area (Å²) in [4.78, 5) is 25.2. The average Bonchev–Trinajstić information content (AvgIpc) is 3.20. The number of hydrogen-bond donors (Lipinski definition) is 0. The molecule has 1 aromatic rings. The monoisotopic (exact) mass is 375 g/mol. The molecule has 2 unspecified atom stereocenters. The highest BCUT2D eigenvalue weighted by Gasteiger charge is 2.33. The van der Waals surface area contributed by atoms with Gasteiger partial charge in [0, 0.05) is 44.4 Å². The smallest absolute Gasteiger partial charge is 0.278 e. The normalized spacial score (nSPS) is 24.3. The van der Waals surface area contributed by atoms with Gasteiger partial charge in [-0.15, -0.1) is 0 Å². The Balaban J connectivity index is 1.78. The predicted octanol–water partition coefficient (Wildman–Crippen LogP) is 2.01. The summed E-state index contributed by atoms with van der Waals surface area (Å²) >= 11 is 0. The van der Waals surface area contributed by atoms with Crippen molar-refractivity contribution in [3.63, 3.8) is 0 Å². The van der Waals surface area contributed by atoms with E-state index in [2.05, 4.69) is 12.0 Å². The van der Waals surface area contributed by atoms with Crippen molar-refractivity contribution in [2.75, 3.05) is 32.8 Å². The van der Waals surface area contributed by atoms with Gasteiger partial charge in [-0.1, -0.05) is 19.1 Å². The molecule has 144 valence electrons. The molecule has 27 heavy (non-hydrogen) atoms. The number of rotatable bonds is 6. The Labute approximate surface area is 156 Å². The van der Waals surface area contributed by atoms with Gasteiger partial charge in [-0.2, -0.15) is 0 Å². The zero-order chi connectivity index (χ0) is 19.4. The molecule has 10 heteroatoms. The summed E-state index contributed by atoms with van der Waals surface area (Å²) in [5.41, 5.74) is 0.411. The standard InChI is InChI=1S/C17H21N5O5/c1-13-11-27-12-15(13)10-20-9-8-19(17(20)18-22(25)26)7-6-14-4-2-3-5-16(14)21(23)24/h2-7,13,15H,8-12H2,1H3. The third-order valence-corrected chi connectivity index (χ3v) is 4.86. The Morgan fingerprint density at radius 3 is 2.70 bits per heavy atom. The van der Waals surface area contributed by atoms with Crippen LogP contribution in [-0.2, 0) is 4.74 Å². The highest BCUT2D eigenvalue weighted by molar-refractivity contribution is 5.83. The number of guanidine groups is 1. The third kappa shape index (κ3) is 4.40. The third-order valence-electron chi connectivity index (χ3n) is 4.86. The van der Waals surface area contributed by atoms with Crippen molar-refractivity contribution in [3.8, 4) is 0 Å². The number of hydrogen-bond acceptors (Lipinski definition) is 5. The molecule has 0 N–H and O–H groups in total. The lowest BCUT2D eigenvalue weighted by molar-refractivity contribution is -0.486. The van der Waals surface area contributed by atoms with E-state index in [1.165, 1.54) is 6.07 Å². The Bertz CT molecular complexity index is 781. The molecular formula is C17H21N5O5. The van der Waals surface area contributed by atoms with E-state index < -0.39 is 9.96 Å². The maximum Gasteiger partial charge on any atom is 0.278 e. The fraction of sp³-hybridized carbons (Fsp3) is 0.471. The lowest BCUT2D eigenvalue weighted by atomic mass is 9.98. The Kier molecular flexibility index (Phi) is 5.65. The second kappa shape index (κ2) is 8.12. The van der Waals surface area contributed by atoms with Gasteiger partial charge >= 0.3 is 0 Å². The molecule has 0 radical (unpaired) electrons. The molecule has 0 spiro atoms. The van der Waals surface area contributed by atoms with E-state index in [1.54, 1.807) is 35.4 Å². The van der Waals surface area contributed by atoms with Crippen molar-refractivity contribution >= 4 is 17.7 Å². The van der Waals surface area contributed by atoms with Gasteiger partial charge < -0.3 is 14.5 Å². The molecule has 2 atom stereocenters. The van der Waals surface area contributed by atoms with E-state index in [4.69, 9.17) is 4.74 Å². The van der Waals surface area contributed by atoms with Gasteiger partial charge in [0.2, 0.25) is 0 Å². The van der Waals surface area contributed by atoms with Crippen LogP contribution in [-0.4, -0.2) is 58.6 Å². The zero-order valence-corrected chi connectivity index (χ0v) is 14.9. The first-order valence-corrected chi connectivity index (χ1v) is 8.69. The van der Waals surface area contributed by atoms with Crippen molar-refractivity contribution in [2.24, 2.45) is 16.9 Å². The second-order valence-electron chi connectivity index (χ2n) is 6.68. The van der Waals surface area contributed by atoms with Crippen LogP contribution >= 0.6 is 0 Å². The maximum atomic E-state index is 11.1. The van der Waals surface area contributed by atoms with Crippen LogP contribution in [0.1, 0.15) is 12.5 Å². The number of hydrazone groups is 1. The van der Waals surface area contributed by atoms with Gasteiger partial charge in [-0.25, -0.2) is 10.1 Å². The summed E-state index contributed by atoms with van der Waals surface area (Å²) < 4.78 is 5.47. The predicted molar refractivity (Wildman–Crippen MR) is 98.3 cm³/mol. The van der Waals surface area contributed by atoms with Crippen LogP contribution in [0.15, 0.2) is 35.6 Å². The van der Waals surface area contributed by atoms with Crippen molar-refractivity contribution in [2.45, 2.75) is 6.92 Å². The molecule has 10 nitrogen and oxygen atoms in total. The number of nitro benzene ring substituents is 1. The van der Waals surface area contributed by atoms with E-state index in [1.807, 2.05) is 4.90 Å². The molecular weight excluding hydrogens is 354 g/mol. The first-order valence-electron chi connectivity index (χ1n) is 8.69. The molecule has 0 aromatic heterocycles. The van der Waals surface area contributed by atoms with E-state index in [0.717, 1.165) is 0 Å². The van der Waals surface area contributed by atoms with E-state index in [-0.39, 0.29) is 11.6 Å². The van der Waals surface area contributed by atoms with Gasteiger partial charge in [-0.05, 0) is 18.1 Å². The number of para-hydroxylation sites is 1. The fourth-order valence-corrected chi connectivity index (χ4v) is 3.30. The number of nitro groups is 2. The Morgan fingerprint density at radius 1 is 1.26 bits per heavy atom. The lowest BCUT2D eigenvalue weighted by Crippen LogP contribution is -2.37. The van der Waals surface area contributed by atoms with Crippen LogP contribution in [0.3, 0.4) is 0 Å². The number of ether oxygens (including phenoxy) is 1. The highest BCUT2D eigenvalue weighted by atomic mass is 16.7. The first-order chi connectivity index (χ1) is 13.0. The van der Waals surface area contributed by atoms with Crippen molar-refractivity contribution in [1.29, 1.82) is 0 Å². The van der Waals surface area contributed by atoms with E-state index in [0.29, 0.717) is 50.2 Å². The molecule has 2 saturated heterocycles. The summed E-state index contributed by atoms with van der Waals surface area (Å²) in [5, 5.41) is 24.9. The zero-order valence-electron chi connectivity index (χ0n) is 14.9. The SMILES string of the molecule is CC1COCC1CN1CCN(C=Cc2ccccc2[N+](=O)[O-])C1=N[N+](=O)[O-]. The van der Waals surface area contributed by atoms with Crippen LogP contribution in [0.25, 0.3) is 6.08 Å². The Hall–Kier alpha value is -3.01. The maximum absolute atomic E-state index is 11.1. The average molecular weight is 375 g/mol. The minimum Gasteiger partial charge on any atom is -0.381 e. The van der Waals surface area contributed by atoms with Crippen LogP contribution in [0.4, 0.5) is 5.69 Å². The van der Waals surface area contributed by atoms with Gasteiger partial charge in [0.15, 0.2) is 5.03 Å². The molecule has 2 aliphatic rings. The number of nitrogens with zero attached hydrogens (tertiary/aromatic N) is 5. The van der Waals surface area contributed by atoms with Crippen molar-refractivity contribution < 1.29 is 14.7 Å². The van der Waals surface area contributed by atoms with Gasteiger partial charge in [0.05, 0.1) is 17.1 Å². The van der Waals surface area contributed by atoms with Gasteiger partial charge in [0.1, 0.15) is 5.10 Å². The fourth-order valence-electron chi connectivity index (χ4n) is 3.30. The molecule has 0 aliphatic carbocycles. The van der Waals surface area contributed by atoms with Crippen LogP contribution < -0.4 is 0 Å². The van der Waals surface area contributed by atoms with E-state index >= 15 is 0 Å². The van der Waals surface area contributed by atoms with Crippen LogP contribution in [0.2, 0.25) is 0 Å². The largest absolute Gasteiger partial charge is 0.381 e. The van der Waals surface area contributed by atoms with Crippen LogP contribution in [0.5, 0.6) is 0 Å². The quantitative estimate of drug-likeness (QED) is 0.552. The van der Waals surface area contributed by atoms with Gasteiger partial charge in [0.25, 0.3) is 11.6 Å². The second-order valence-corrected chi connectivity index (χ2v) is 6.68. The minimum absolute atomic E-state index is 0.0190. The topological polar surface area (TPSA) is 114 Å². The summed E-state index contributed by atoms with van der Waals surface area (Å²) in [6, 6.07) is 6.35. The summed E-state index contributed by atoms with van der Waals surface area (Å²) in [6.45, 7) is 5.17. The molecule has 0 saturated carbocycles. The molecule has 0 bridgehead atoms. The first kappa shape index (κ1) is 18.8. The Morgan fingerprint density at radius 2 is 2.04 bits per heavy atom. The lowest BCUT2D eigenvalue weighted by Gasteiger charge is -2.23. The molecule has 2 heterocycles. The summed E-state index contributed by atoms with van der Waals surface area (Å²) in [7, 11) is 0. The van der Waals surface area contributed by atoms with E-state index in [9.17, 15) is 20.2 Å². The molecule has 2 aliphatic heterocycles.